The second-order valence-electron chi connectivity index (χ2n) is 5.96. The van der Waals surface area contributed by atoms with E-state index in [4.69, 9.17) is 4.74 Å². The van der Waals surface area contributed by atoms with Crippen LogP contribution in [0.3, 0.4) is 0 Å². The number of hydrogen-bond acceptors (Lipinski definition) is 5. The second kappa shape index (κ2) is 6.84. The summed E-state index contributed by atoms with van der Waals surface area (Å²) < 4.78 is 3.39. The van der Waals surface area contributed by atoms with Crippen LogP contribution in [0, 0.1) is 0 Å². The van der Waals surface area contributed by atoms with Gasteiger partial charge < -0.3 is 15.0 Å². The highest BCUT2D eigenvalue weighted by molar-refractivity contribution is 8.02. The molecule has 26 heavy (non-hydrogen) atoms. The van der Waals surface area contributed by atoms with Crippen molar-refractivity contribution in [3.8, 4) is 0 Å². The summed E-state index contributed by atoms with van der Waals surface area (Å²) in [6.45, 7) is 1.59. The molecule has 3 rings (SSSR count). The Labute approximate surface area is 155 Å². The first-order valence-corrected chi connectivity index (χ1v) is 8.75. The predicted octanol–water partition coefficient (Wildman–Crippen LogP) is 2.94. The third-order valence-corrected chi connectivity index (χ3v) is 5.60. The van der Waals surface area contributed by atoms with Gasteiger partial charge >= 0.3 is 5.97 Å². The molecule has 0 bridgehead atoms. The van der Waals surface area contributed by atoms with Gasteiger partial charge in [0.1, 0.15) is 0 Å². The van der Waals surface area contributed by atoms with Crippen molar-refractivity contribution >= 4 is 40.9 Å². The third-order valence-electron chi connectivity index (χ3n) is 4.27. The number of methoxy groups -OCH3 is 1. The van der Waals surface area contributed by atoms with E-state index in [1.807, 2.05) is 24.3 Å². The molecule has 1 aliphatic heterocycles. The first-order valence-electron chi connectivity index (χ1n) is 7.93. The van der Waals surface area contributed by atoms with Crippen LogP contribution in [-0.2, 0) is 14.3 Å². The summed E-state index contributed by atoms with van der Waals surface area (Å²) in [6, 6.07) is 13.9. The van der Waals surface area contributed by atoms with E-state index < -0.39 is 16.6 Å². The van der Waals surface area contributed by atoms with Gasteiger partial charge in [-0.3, -0.25) is 9.59 Å². The molecule has 0 aliphatic carbocycles. The number of para-hydroxylation sites is 2. The molecule has 1 N–H and O–H groups in total. The van der Waals surface area contributed by atoms with Crippen molar-refractivity contribution in [3.05, 3.63) is 54.1 Å². The lowest BCUT2D eigenvalue weighted by molar-refractivity contribution is -0.128. The van der Waals surface area contributed by atoms with E-state index in [0.717, 1.165) is 10.6 Å². The molecule has 2 aromatic rings. The quantitative estimate of drug-likeness (QED) is 0.664. The molecule has 2 aromatic carbocycles. The number of carbonyl (C=O) groups is 3. The molecule has 1 aliphatic rings. The summed E-state index contributed by atoms with van der Waals surface area (Å²) in [7, 11) is 2.92. The number of rotatable bonds is 3. The number of esters is 1. The maximum Gasteiger partial charge on any atom is 0.339 e. The summed E-state index contributed by atoms with van der Waals surface area (Å²) in [5.74, 6) is -1.38. The fraction of sp³-hybridized carbons (Fsp3) is 0.211. The van der Waals surface area contributed by atoms with Crippen LogP contribution >= 0.6 is 11.8 Å². The average molecular weight is 370 g/mol. The number of nitrogens with one attached hydrogen (secondary N) is 1. The van der Waals surface area contributed by atoms with Gasteiger partial charge in [-0.25, -0.2) is 4.79 Å². The Kier molecular flexibility index (Phi) is 4.73. The van der Waals surface area contributed by atoms with Crippen LogP contribution in [0.1, 0.15) is 17.3 Å². The van der Waals surface area contributed by atoms with Gasteiger partial charge in [-0.1, -0.05) is 36.0 Å². The van der Waals surface area contributed by atoms with Gasteiger partial charge in [0, 0.05) is 11.9 Å². The van der Waals surface area contributed by atoms with E-state index in [1.54, 1.807) is 38.2 Å². The van der Waals surface area contributed by atoms with Gasteiger partial charge in [0.25, 0.3) is 5.91 Å². The minimum Gasteiger partial charge on any atom is -0.465 e. The van der Waals surface area contributed by atoms with Gasteiger partial charge in [0.15, 0.2) is 4.75 Å². The highest BCUT2D eigenvalue weighted by atomic mass is 32.2. The summed E-state index contributed by atoms with van der Waals surface area (Å²) in [5, 5.41) is 2.71. The molecule has 1 atom stereocenters. The Morgan fingerprint density at radius 2 is 1.77 bits per heavy atom. The normalized spacial score (nSPS) is 18.9. The first-order chi connectivity index (χ1) is 12.4. The smallest absolute Gasteiger partial charge is 0.339 e. The fourth-order valence-electron chi connectivity index (χ4n) is 2.78. The van der Waals surface area contributed by atoms with Crippen LogP contribution in [0.15, 0.2) is 53.4 Å². The number of anilines is 2. The standard InChI is InChI=1S/C19H18N2O4S/c1-19(18(24)21(2)14-10-6-7-11-15(14)26-19)17(23)20-13-9-5-4-8-12(13)16(22)25-3/h4-11H,1-3H3,(H,20,23). The van der Waals surface area contributed by atoms with Gasteiger partial charge in [-0.05, 0) is 31.2 Å². The summed E-state index contributed by atoms with van der Waals surface area (Å²) in [5.41, 5.74) is 1.30. The molecule has 134 valence electrons. The van der Waals surface area contributed by atoms with Crippen LogP contribution in [0.25, 0.3) is 0 Å². The van der Waals surface area contributed by atoms with E-state index >= 15 is 0 Å². The predicted molar refractivity (Wildman–Crippen MR) is 101 cm³/mol. The SMILES string of the molecule is COC(=O)c1ccccc1NC(=O)C1(C)Sc2ccccc2N(C)C1=O. The number of amides is 2. The van der Waals surface area contributed by atoms with Crippen molar-refractivity contribution in [2.24, 2.45) is 0 Å². The molecule has 1 unspecified atom stereocenters. The van der Waals surface area contributed by atoms with E-state index in [0.29, 0.717) is 5.69 Å². The van der Waals surface area contributed by atoms with Crippen molar-refractivity contribution in [1.82, 2.24) is 0 Å². The van der Waals surface area contributed by atoms with Crippen molar-refractivity contribution < 1.29 is 19.1 Å². The number of nitrogens with zero attached hydrogens (tertiary/aromatic N) is 1. The van der Waals surface area contributed by atoms with Crippen molar-refractivity contribution in [2.75, 3.05) is 24.4 Å². The van der Waals surface area contributed by atoms with E-state index in [1.165, 1.54) is 23.8 Å². The van der Waals surface area contributed by atoms with Gasteiger partial charge in [0.05, 0.1) is 24.0 Å². The lowest BCUT2D eigenvalue weighted by atomic mass is 10.1. The lowest BCUT2D eigenvalue weighted by Gasteiger charge is -2.37. The fourth-order valence-corrected chi connectivity index (χ4v) is 4.04. The number of ether oxygens (including phenoxy) is 1. The molecule has 0 fully saturated rings. The van der Waals surface area contributed by atoms with Crippen LogP contribution in [-0.4, -0.2) is 36.7 Å². The lowest BCUT2D eigenvalue weighted by Crippen LogP contribution is -2.53. The largest absolute Gasteiger partial charge is 0.465 e. The Hall–Kier alpha value is -2.80. The third kappa shape index (κ3) is 2.94. The Balaban J connectivity index is 1.94. The molecule has 0 saturated heterocycles. The maximum atomic E-state index is 13.0. The van der Waals surface area contributed by atoms with Crippen molar-refractivity contribution in [1.29, 1.82) is 0 Å². The molecule has 6 nitrogen and oxygen atoms in total. The zero-order chi connectivity index (χ0) is 18.9. The second-order valence-corrected chi connectivity index (χ2v) is 7.42. The van der Waals surface area contributed by atoms with E-state index in [9.17, 15) is 14.4 Å². The minimum atomic E-state index is -1.35. The number of hydrogen-bond donors (Lipinski definition) is 1. The molecule has 1 heterocycles. The first kappa shape index (κ1) is 18.0. The zero-order valence-corrected chi connectivity index (χ0v) is 15.4. The molecular weight excluding hydrogens is 352 g/mol. The Bertz CT molecular complexity index is 899. The number of benzene rings is 2. The number of fused-ring (bicyclic) bond motifs is 1. The number of thioether (sulfide) groups is 1. The van der Waals surface area contributed by atoms with E-state index in [-0.39, 0.29) is 11.5 Å². The van der Waals surface area contributed by atoms with Crippen LogP contribution in [0.2, 0.25) is 0 Å². The highest BCUT2D eigenvalue weighted by Crippen LogP contribution is 2.45. The zero-order valence-electron chi connectivity index (χ0n) is 14.6. The molecule has 0 saturated carbocycles. The molecule has 0 aromatic heterocycles. The van der Waals surface area contributed by atoms with Crippen LogP contribution in [0.4, 0.5) is 11.4 Å². The average Bonchev–Trinajstić information content (AvgIpc) is 2.66. The van der Waals surface area contributed by atoms with Gasteiger partial charge in [0.2, 0.25) is 5.91 Å². The van der Waals surface area contributed by atoms with Gasteiger partial charge in [-0.15, -0.1) is 0 Å². The molecule has 0 spiro atoms. The van der Waals surface area contributed by atoms with Crippen molar-refractivity contribution in [2.45, 2.75) is 16.6 Å². The monoisotopic (exact) mass is 370 g/mol. The Morgan fingerprint density at radius 1 is 1.12 bits per heavy atom. The number of carbonyl (C=O) groups excluding carboxylic acids is 3. The minimum absolute atomic E-state index is 0.231. The van der Waals surface area contributed by atoms with Gasteiger partial charge in [-0.2, -0.15) is 0 Å². The van der Waals surface area contributed by atoms with Crippen LogP contribution in [0.5, 0.6) is 0 Å². The molecular formula is C19H18N2O4S. The van der Waals surface area contributed by atoms with E-state index in [2.05, 4.69) is 5.32 Å². The van der Waals surface area contributed by atoms with Crippen LogP contribution < -0.4 is 10.2 Å². The summed E-state index contributed by atoms with van der Waals surface area (Å²) >= 11 is 1.20. The molecule has 7 heteroatoms. The maximum absolute atomic E-state index is 13.0. The molecule has 0 radical (unpaired) electrons. The van der Waals surface area contributed by atoms with Crippen molar-refractivity contribution in [3.63, 3.8) is 0 Å². The topological polar surface area (TPSA) is 75.7 Å². The highest BCUT2D eigenvalue weighted by Gasteiger charge is 2.48. The molecule has 2 amide bonds. The Morgan fingerprint density at radius 3 is 2.50 bits per heavy atom. The summed E-state index contributed by atoms with van der Waals surface area (Å²) in [6.07, 6.45) is 0. The summed E-state index contributed by atoms with van der Waals surface area (Å²) in [4.78, 5) is 40.1.